The van der Waals surface area contributed by atoms with Crippen LogP contribution >= 0.6 is 11.6 Å². The summed E-state index contributed by atoms with van der Waals surface area (Å²) >= 11 is 6.84. The number of nitrogens with one attached hydrogen (secondary N) is 1. The van der Waals surface area contributed by atoms with Crippen LogP contribution in [0, 0.1) is 35.1 Å². The number of likely N-dealkylation sites (tertiary alicyclic amines) is 2. The Labute approximate surface area is 505 Å². The van der Waals surface area contributed by atoms with Crippen molar-refractivity contribution in [3.05, 3.63) is 141 Å². The molecule has 1 aliphatic carbocycles. The van der Waals surface area contributed by atoms with Gasteiger partial charge in [-0.05, 0) is 111 Å². The van der Waals surface area contributed by atoms with Crippen LogP contribution in [0.4, 0.5) is 33.0 Å². The minimum Gasteiger partial charge on any atom is -0.488 e. The van der Waals surface area contributed by atoms with Gasteiger partial charge in [-0.2, -0.15) is 5.10 Å². The number of imide groups is 1. The van der Waals surface area contributed by atoms with E-state index in [-0.39, 0.29) is 101 Å². The number of piperidine rings is 2. The van der Waals surface area contributed by atoms with Crippen molar-refractivity contribution in [2.75, 3.05) is 63.9 Å². The van der Waals surface area contributed by atoms with E-state index < -0.39 is 82.0 Å². The predicted octanol–water partition coefficient (Wildman–Crippen LogP) is 9.53. The van der Waals surface area contributed by atoms with Crippen LogP contribution in [0.5, 0.6) is 11.5 Å². The summed E-state index contributed by atoms with van der Waals surface area (Å²) in [7, 11) is 1.55. The van der Waals surface area contributed by atoms with E-state index in [1.807, 2.05) is 47.4 Å². The lowest BCUT2D eigenvalue weighted by Gasteiger charge is -2.43. The molecule has 460 valence electrons. The average molecular weight is 1220 g/mol. The zero-order chi connectivity index (χ0) is 61.4. The summed E-state index contributed by atoms with van der Waals surface area (Å²) in [6.07, 6.45) is 3.86. The third-order valence-electron chi connectivity index (χ3n) is 18.4. The molecule has 5 aromatic carbocycles. The fourth-order valence-electron chi connectivity index (χ4n) is 13.7. The number of halogens is 5. The number of amides is 6. The highest BCUT2D eigenvalue weighted by Crippen LogP contribution is 2.57. The molecule has 5 heterocycles. The number of urea groups is 1. The number of aromatic nitrogens is 2. The molecule has 2 atom stereocenters. The molecule has 0 spiro atoms. The molecule has 4 fully saturated rings. The van der Waals surface area contributed by atoms with Crippen molar-refractivity contribution in [3.8, 4) is 22.6 Å². The number of carbonyl (C=O) groups excluding carboxylic acids is 5. The van der Waals surface area contributed by atoms with Gasteiger partial charge in [0.05, 0.1) is 29.1 Å². The second kappa shape index (κ2) is 25.5. The summed E-state index contributed by atoms with van der Waals surface area (Å²) in [5, 5.41) is 15.8. The highest BCUT2D eigenvalue weighted by molar-refractivity contribution is 6.34. The molecular weight excluding hydrogens is 1150 g/mol. The van der Waals surface area contributed by atoms with Crippen LogP contribution in [0.1, 0.15) is 115 Å². The molecule has 11 rings (SSSR count). The van der Waals surface area contributed by atoms with E-state index in [0.29, 0.717) is 82.7 Å². The number of hydrogen-bond donors (Lipinski definition) is 4. The second-order valence-corrected chi connectivity index (χ2v) is 23.9. The van der Waals surface area contributed by atoms with Crippen molar-refractivity contribution in [1.82, 2.24) is 29.8 Å². The minimum atomic E-state index is -1.50. The lowest BCUT2D eigenvalue weighted by atomic mass is 9.76. The first kappa shape index (κ1) is 60.9. The van der Waals surface area contributed by atoms with Gasteiger partial charge in [0.25, 0.3) is 0 Å². The summed E-state index contributed by atoms with van der Waals surface area (Å²) < 4.78 is 85.4. The zero-order valence-electron chi connectivity index (χ0n) is 48.5. The van der Waals surface area contributed by atoms with Crippen molar-refractivity contribution in [2.45, 2.75) is 101 Å². The molecule has 4 aliphatic heterocycles. The Morgan fingerprint density at radius 3 is 2.22 bits per heavy atom. The smallest absolute Gasteiger partial charge is 0.410 e. The number of carbonyl (C=O) groups is 5. The predicted molar refractivity (Wildman–Crippen MR) is 316 cm³/mol. The Morgan fingerprint density at radius 2 is 1.55 bits per heavy atom. The second-order valence-electron chi connectivity index (χ2n) is 23.5. The van der Waals surface area contributed by atoms with Gasteiger partial charge in [0.1, 0.15) is 36.1 Å². The van der Waals surface area contributed by atoms with E-state index >= 15 is 17.6 Å². The van der Waals surface area contributed by atoms with Crippen molar-refractivity contribution in [3.63, 3.8) is 0 Å². The first-order chi connectivity index (χ1) is 41.9. The van der Waals surface area contributed by atoms with Crippen molar-refractivity contribution in [2.24, 2.45) is 30.4 Å². The fourth-order valence-corrected chi connectivity index (χ4v) is 14.0. The van der Waals surface area contributed by atoms with Gasteiger partial charge >= 0.3 is 12.1 Å². The van der Waals surface area contributed by atoms with Gasteiger partial charge < -0.3 is 45.5 Å². The summed E-state index contributed by atoms with van der Waals surface area (Å²) in [4.78, 5) is 73.9. The first-order valence-corrected chi connectivity index (χ1v) is 30.1. The highest BCUT2D eigenvalue weighted by atomic mass is 35.5. The molecule has 1 aromatic heterocycles. The van der Waals surface area contributed by atoms with Crippen molar-refractivity contribution < 1.29 is 60.9 Å². The first-order valence-electron chi connectivity index (χ1n) is 29.7. The topological polar surface area (TPSA) is 228 Å². The van der Waals surface area contributed by atoms with Crippen LogP contribution in [0.2, 0.25) is 5.02 Å². The monoisotopic (exact) mass is 1220 g/mol. The van der Waals surface area contributed by atoms with Gasteiger partial charge in [0.2, 0.25) is 17.7 Å². The van der Waals surface area contributed by atoms with Crippen molar-refractivity contribution >= 4 is 58.2 Å². The lowest BCUT2D eigenvalue weighted by Crippen LogP contribution is -2.53. The lowest BCUT2D eigenvalue weighted by molar-refractivity contribution is -0.138. The molecule has 6 N–H and O–H groups in total. The van der Waals surface area contributed by atoms with Crippen molar-refractivity contribution in [1.29, 1.82) is 0 Å². The average Bonchev–Trinajstić information content (AvgIpc) is 1.70. The number of benzene rings is 5. The summed E-state index contributed by atoms with van der Waals surface area (Å²) in [5.41, 5.74) is 11.8. The number of rotatable bonds is 17. The normalized spacial score (nSPS) is 21.2. The maximum Gasteiger partial charge on any atom is 0.410 e. The number of ether oxygens (including phenoxy) is 3. The molecule has 6 aromatic rings. The zero-order valence-corrected chi connectivity index (χ0v) is 49.2. The van der Waals surface area contributed by atoms with E-state index in [0.717, 1.165) is 36.6 Å². The molecule has 3 saturated heterocycles. The molecule has 0 bridgehead atoms. The van der Waals surface area contributed by atoms with Crippen LogP contribution in [0.3, 0.4) is 0 Å². The Morgan fingerprint density at radius 1 is 0.851 bits per heavy atom. The molecule has 23 heteroatoms. The van der Waals surface area contributed by atoms with E-state index in [2.05, 4.69) is 15.3 Å². The van der Waals surface area contributed by atoms with Gasteiger partial charge in [0, 0.05) is 92.4 Å². The van der Waals surface area contributed by atoms with Gasteiger partial charge in [-0.25, -0.2) is 27.2 Å². The minimum absolute atomic E-state index is 0.0105. The van der Waals surface area contributed by atoms with Crippen LogP contribution in [-0.2, 0) is 40.1 Å². The SMILES string of the molecule is CC1c2c(cc(F)c(Cl)c2-c2c(C(N)=O)ccc(OCCO)c2F)OC1(CN(C(=O)OCc1ccc(CN)cc1)C1CCC(C(=O)N2CCC(CN3CCC(c4c(F)cc5c(N6CCC(=O)NC6=O)nn(C)c5c4F)CC3)CC2)CC1)c1ccccc1. The van der Waals surface area contributed by atoms with E-state index in [9.17, 15) is 29.1 Å². The number of aliphatic hydroxyl groups excluding tert-OH is 1. The summed E-state index contributed by atoms with van der Waals surface area (Å²) in [6.45, 7) is 4.45. The fraction of sp³-hybridized carbons (Fsp3) is 0.438. The van der Waals surface area contributed by atoms with Gasteiger partial charge in [0.15, 0.2) is 28.8 Å². The largest absolute Gasteiger partial charge is 0.488 e. The number of hydrogen-bond acceptors (Lipinski definition) is 12. The van der Waals surface area contributed by atoms with Gasteiger partial charge in [-0.15, -0.1) is 0 Å². The van der Waals surface area contributed by atoms with Crippen LogP contribution in [-0.4, -0.2) is 125 Å². The number of nitrogens with two attached hydrogens (primary N) is 2. The molecule has 6 amide bonds. The van der Waals surface area contributed by atoms with E-state index in [1.54, 1.807) is 31.0 Å². The molecule has 2 unspecified atom stereocenters. The van der Waals surface area contributed by atoms with Crippen LogP contribution < -0.4 is 31.2 Å². The van der Waals surface area contributed by atoms with Crippen LogP contribution in [0.25, 0.3) is 22.0 Å². The molecular formula is C64H70ClF4N9O9. The molecule has 87 heavy (non-hydrogen) atoms. The number of nitrogens with zero attached hydrogens (tertiary/aromatic N) is 6. The summed E-state index contributed by atoms with van der Waals surface area (Å²) in [6, 6.07) is 20.1. The van der Waals surface area contributed by atoms with Gasteiger partial charge in [-0.3, -0.25) is 29.3 Å². The Kier molecular flexibility index (Phi) is 17.8. The quantitative estimate of drug-likeness (QED) is 0.0626. The van der Waals surface area contributed by atoms with E-state index in [1.165, 1.54) is 27.8 Å². The third-order valence-corrected chi connectivity index (χ3v) is 18.8. The van der Waals surface area contributed by atoms with Crippen LogP contribution in [0.15, 0.2) is 78.9 Å². The molecule has 18 nitrogen and oxygen atoms in total. The Bertz CT molecular complexity index is 3610. The standard InChI is InChI=1S/C64H70ClF4N9O9/c1-36-51-49(31-47(67)55(65)54(51)53-44(59(71)81)16-17-48(56(53)68)85-29-28-79)87-64(36,42-6-4-3-5-7-42)35-78(63(84)86-34-39-10-8-37(32-70)9-11-39)43-14-12-41(13-15-43)61(82)76-25-18-38(19-26-76)33-75-23-20-40(21-24-75)52-46(66)30-45-58(57(52)69)74(2)73-60(45)77-27-22-50(80)72-62(77)83/h3-11,16-17,30-31,36,38,40-41,43,79H,12-15,18-29,32-35,70H2,1-2H3,(H2,71,81)(H,72,80,83). The maximum atomic E-state index is 16.9. The molecule has 1 saturated carbocycles. The number of aliphatic hydroxyl groups is 1. The third kappa shape index (κ3) is 11.9. The highest BCUT2D eigenvalue weighted by Gasteiger charge is 2.53. The number of fused-ring (bicyclic) bond motifs is 2. The molecule has 5 aliphatic rings. The van der Waals surface area contributed by atoms with Gasteiger partial charge in [-0.1, -0.05) is 73.1 Å². The Balaban J connectivity index is 0.772. The number of aryl methyl sites for hydroxylation is 1. The number of anilines is 1. The maximum absolute atomic E-state index is 16.9. The molecule has 0 radical (unpaired) electrons. The summed E-state index contributed by atoms with van der Waals surface area (Å²) in [5.74, 6) is -6.28. The van der Waals surface area contributed by atoms with E-state index in [4.69, 9.17) is 37.3 Å². The number of primary amides is 1. The Hall–Kier alpha value is -7.79.